The van der Waals surface area contributed by atoms with Crippen molar-refractivity contribution in [3.05, 3.63) is 46.3 Å². The lowest BCUT2D eigenvalue weighted by Gasteiger charge is -2.23. The monoisotopic (exact) mass is 355 g/mol. The first-order valence-corrected chi connectivity index (χ1v) is 9.65. The van der Waals surface area contributed by atoms with Gasteiger partial charge in [-0.25, -0.2) is 0 Å². The maximum absolute atomic E-state index is 12.9. The molecule has 0 aliphatic carbocycles. The summed E-state index contributed by atoms with van der Waals surface area (Å²) in [5, 5.41) is 4.67. The van der Waals surface area contributed by atoms with Gasteiger partial charge in [-0.05, 0) is 69.7 Å². The molecule has 0 aliphatic heterocycles. The van der Waals surface area contributed by atoms with Crippen LogP contribution in [0.1, 0.15) is 55.3 Å². The molecule has 1 aromatic carbocycles. The van der Waals surface area contributed by atoms with E-state index >= 15 is 0 Å². The zero-order chi connectivity index (χ0) is 19.4. The van der Waals surface area contributed by atoms with Crippen molar-refractivity contribution in [2.24, 2.45) is 5.92 Å². The minimum atomic E-state index is 0.177. The van der Waals surface area contributed by atoms with Gasteiger partial charge in [0.25, 0.3) is 0 Å². The molecule has 0 bridgehead atoms. The van der Waals surface area contributed by atoms with E-state index < -0.39 is 0 Å². The number of benzene rings is 1. The lowest BCUT2D eigenvalue weighted by Crippen LogP contribution is -2.31. The number of aryl methyl sites for hydroxylation is 3. The van der Waals surface area contributed by atoms with Crippen molar-refractivity contribution in [2.75, 3.05) is 11.4 Å². The molecular formula is C22H33N3O. The minimum Gasteiger partial charge on any atom is -0.312 e. The van der Waals surface area contributed by atoms with Crippen molar-refractivity contribution in [3.63, 3.8) is 0 Å². The van der Waals surface area contributed by atoms with Gasteiger partial charge in [0.2, 0.25) is 5.91 Å². The van der Waals surface area contributed by atoms with Gasteiger partial charge in [0.15, 0.2) is 0 Å². The molecule has 4 heteroatoms. The number of carbonyl (C=O) groups is 1. The molecule has 142 valence electrons. The Labute approximate surface area is 158 Å². The first-order chi connectivity index (χ1) is 12.2. The molecule has 0 unspecified atom stereocenters. The predicted molar refractivity (Wildman–Crippen MR) is 109 cm³/mol. The smallest absolute Gasteiger partial charge is 0.227 e. The second kappa shape index (κ2) is 8.52. The highest BCUT2D eigenvalue weighted by atomic mass is 16.2. The number of hydrogen-bond acceptors (Lipinski definition) is 2. The van der Waals surface area contributed by atoms with Crippen LogP contribution < -0.4 is 4.90 Å². The summed E-state index contributed by atoms with van der Waals surface area (Å²) in [6.45, 7) is 16.3. The van der Waals surface area contributed by atoms with Gasteiger partial charge in [-0.3, -0.25) is 9.48 Å². The van der Waals surface area contributed by atoms with Crippen LogP contribution in [0.5, 0.6) is 0 Å². The van der Waals surface area contributed by atoms with Crippen molar-refractivity contribution in [1.82, 2.24) is 9.78 Å². The van der Waals surface area contributed by atoms with Crippen LogP contribution in [-0.4, -0.2) is 22.2 Å². The summed E-state index contributed by atoms with van der Waals surface area (Å²) in [7, 11) is 0. The third-order valence-corrected chi connectivity index (χ3v) is 4.93. The highest BCUT2D eigenvalue weighted by Crippen LogP contribution is 2.23. The molecule has 2 aromatic rings. The fraction of sp³-hybridized carbons (Fsp3) is 0.545. The van der Waals surface area contributed by atoms with E-state index in [2.05, 4.69) is 62.6 Å². The highest BCUT2D eigenvalue weighted by Gasteiger charge is 2.18. The Balaban J connectivity index is 2.14. The summed E-state index contributed by atoms with van der Waals surface area (Å²) >= 11 is 0. The lowest BCUT2D eigenvalue weighted by atomic mass is 10.1. The number of rotatable bonds is 7. The van der Waals surface area contributed by atoms with Gasteiger partial charge in [0.05, 0.1) is 5.69 Å². The van der Waals surface area contributed by atoms with Gasteiger partial charge in [0.1, 0.15) is 0 Å². The summed E-state index contributed by atoms with van der Waals surface area (Å²) in [5.74, 6) is 0.735. The number of anilines is 1. The van der Waals surface area contributed by atoms with Crippen LogP contribution >= 0.6 is 0 Å². The van der Waals surface area contributed by atoms with Crippen LogP contribution in [0.4, 0.5) is 5.69 Å². The molecule has 0 aliphatic rings. The van der Waals surface area contributed by atoms with Crippen LogP contribution in [0.15, 0.2) is 18.2 Å². The molecule has 0 spiro atoms. The van der Waals surface area contributed by atoms with E-state index in [-0.39, 0.29) is 5.91 Å². The van der Waals surface area contributed by atoms with E-state index in [1.807, 2.05) is 18.7 Å². The summed E-state index contributed by atoms with van der Waals surface area (Å²) in [5.41, 5.74) is 6.81. The van der Waals surface area contributed by atoms with Gasteiger partial charge in [-0.1, -0.05) is 26.0 Å². The Morgan fingerprint density at radius 2 is 1.88 bits per heavy atom. The second-order valence-electron chi connectivity index (χ2n) is 7.65. The van der Waals surface area contributed by atoms with E-state index in [1.54, 1.807) is 0 Å². The third kappa shape index (κ3) is 4.54. The topological polar surface area (TPSA) is 38.1 Å². The molecule has 0 atom stereocenters. The van der Waals surface area contributed by atoms with Gasteiger partial charge < -0.3 is 4.90 Å². The van der Waals surface area contributed by atoms with E-state index in [1.165, 1.54) is 16.8 Å². The highest BCUT2D eigenvalue weighted by molar-refractivity contribution is 5.94. The Morgan fingerprint density at radius 1 is 1.19 bits per heavy atom. The van der Waals surface area contributed by atoms with E-state index in [4.69, 9.17) is 0 Å². The quantitative estimate of drug-likeness (QED) is 0.718. The largest absolute Gasteiger partial charge is 0.312 e. The number of nitrogens with zero attached hydrogens (tertiary/aromatic N) is 3. The summed E-state index contributed by atoms with van der Waals surface area (Å²) in [4.78, 5) is 14.8. The SMILES string of the molecule is CCN(C(=O)CCc1c(C)nn(CC(C)C)c1C)c1cc(C)ccc1C. The standard InChI is InChI=1S/C22H33N3O/c1-8-24(21-13-16(4)9-10-17(21)5)22(26)12-11-20-18(6)23-25(19(20)7)14-15(2)3/h9-10,13,15H,8,11-12,14H2,1-7H3. The molecular weight excluding hydrogens is 322 g/mol. The zero-order valence-electron chi connectivity index (χ0n) is 17.4. The van der Waals surface area contributed by atoms with Crippen molar-refractivity contribution in [1.29, 1.82) is 0 Å². The summed E-state index contributed by atoms with van der Waals surface area (Å²) < 4.78 is 2.09. The van der Waals surface area contributed by atoms with Crippen molar-refractivity contribution < 1.29 is 4.79 Å². The Bertz CT molecular complexity index is 774. The Kier molecular flexibility index (Phi) is 6.63. The molecule has 4 nitrogen and oxygen atoms in total. The predicted octanol–water partition coefficient (Wildman–Crippen LogP) is 4.76. The lowest BCUT2D eigenvalue weighted by molar-refractivity contribution is -0.118. The first kappa shape index (κ1) is 20.2. The molecule has 0 saturated carbocycles. The van der Waals surface area contributed by atoms with Gasteiger partial charge >= 0.3 is 0 Å². The first-order valence-electron chi connectivity index (χ1n) is 9.65. The normalized spacial score (nSPS) is 11.2. The zero-order valence-corrected chi connectivity index (χ0v) is 17.4. The number of aromatic nitrogens is 2. The molecule has 0 radical (unpaired) electrons. The van der Waals surface area contributed by atoms with Crippen LogP contribution in [0.3, 0.4) is 0 Å². The van der Waals surface area contributed by atoms with Crippen LogP contribution in [-0.2, 0) is 17.8 Å². The molecule has 0 N–H and O–H groups in total. The molecule has 26 heavy (non-hydrogen) atoms. The summed E-state index contributed by atoms with van der Waals surface area (Å²) in [6.07, 6.45) is 1.26. The van der Waals surface area contributed by atoms with Crippen molar-refractivity contribution in [3.8, 4) is 0 Å². The minimum absolute atomic E-state index is 0.177. The third-order valence-electron chi connectivity index (χ3n) is 4.93. The van der Waals surface area contributed by atoms with Crippen molar-refractivity contribution in [2.45, 2.75) is 67.9 Å². The van der Waals surface area contributed by atoms with E-state index in [9.17, 15) is 4.79 Å². The maximum atomic E-state index is 12.9. The van der Waals surface area contributed by atoms with Crippen LogP contribution in [0, 0.1) is 33.6 Å². The number of amides is 1. The Morgan fingerprint density at radius 3 is 2.50 bits per heavy atom. The van der Waals surface area contributed by atoms with Crippen LogP contribution in [0.2, 0.25) is 0 Å². The van der Waals surface area contributed by atoms with Gasteiger partial charge in [0, 0.05) is 30.9 Å². The summed E-state index contributed by atoms with van der Waals surface area (Å²) in [6, 6.07) is 6.28. The van der Waals surface area contributed by atoms with Crippen molar-refractivity contribution >= 4 is 11.6 Å². The molecule has 0 fully saturated rings. The average molecular weight is 356 g/mol. The molecule has 1 amide bonds. The van der Waals surface area contributed by atoms with Gasteiger partial charge in [-0.15, -0.1) is 0 Å². The van der Waals surface area contributed by atoms with E-state index in [0.29, 0.717) is 18.9 Å². The van der Waals surface area contributed by atoms with Gasteiger partial charge in [-0.2, -0.15) is 5.10 Å². The average Bonchev–Trinajstić information content (AvgIpc) is 2.82. The van der Waals surface area contributed by atoms with E-state index in [0.717, 1.165) is 29.9 Å². The fourth-order valence-electron chi connectivity index (χ4n) is 3.48. The number of carbonyl (C=O) groups excluding carboxylic acids is 1. The number of hydrogen-bond donors (Lipinski definition) is 0. The fourth-order valence-corrected chi connectivity index (χ4v) is 3.48. The maximum Gasteiger partial charge on any atom is 0.227 e. The Hall–Kier alpha value is -2.10. The molecule has 2 rings (SSSR count). The second-order valence-corrected chi connectivity index (χ2v) is 7.65. The molecule has 0 saturated heterocycles. The molecule has 1 aromatic heterocycles. The van der Waals surface area contributed by atoms with Crippen LogP contribution in [0.25, 0.3) is 0 Å². The molecule has 1 heterocycles.